The van der Waals surface area contributed by atoms with Gasteiger partial charge in [-0.15, -0.1) is 0 Å². The Hall–Kier alpha value is -2.49. The van der Waals surface area contributed by atoms with Crippen LogP contribution in [0.1, 0.15) is 12.5 Å². The normalized spacial score (nSPS) is 13.2. The number of nitrogens with one attached hydrogen (secondary N) is 1. The first kappa shape index (κ1) is 14.9. The second-order valence-electron chi connectivity index (χ2n) is 5.18. The Morgan fingerprint density at radius 3 is 2.38 bits per heavy atom. The molecule has 0 bridgehead atoms. The Balaban J connectivity index is 2.28. The lowest BCUT2D eigenvalue weighted by atomic mass is 9.91. The highest BCUT2D eigenvalue weighted by molar-refractivity contribution is 5.88. The van der Waals surface area contributed by atoms with Crippen LogP contribution in [0.2, 0.25) is 0 Å². The van der Waals surface area contributed by atoms with Crippen LogP contribution in [0.15, 0.2) is 54.6 Å². The summed E-state index contributed by atoms with van der Waals surface area (Å²) in [5.41, 5.74) is 6.51. The standard InChI is InChI=1S/C17H20N2O2/c1-17(16(18)20,19-14-9-4-3-5-10-14)12-13-8-6-7-11-15(13)21-2/h3-11,19H,12H2,1-2H3,(H2,18,20). The van der Waals surface area contributed by atoms with Crippen molar-refractivity contribution in [3.05, 3.63) is 60.2 Å². The molecule has 2 aromatic carbocycles. The molecular weight excluding hydrogens is 264 g/mol. The number of primary amides is 1. The van der Waals surface area contributed by atoms with Crippen LogP contribution in [0.5, 0.6) is 5.75 Å². The number of methoxy groups -OCH3 is 1. The number of benzene rings is 2. The molecule has 0 aliphatic heterocycles. The van der Waals surface area contributed by atoms with Gasteiger partial charge in [-0.3, -0.25) is 4.79 Å². The van der Waals surface area contributed by atoms with E-state index in [9.17, 15) is 4.79 Å². The van der Waals surface area contributed by atoms with E-state index in [1.54, 1.807) is 14.0 Å². The summed E-state index contributed by atoms with van der Waals surface area (Å²) >= 11 is 0. The van der Waals surface area contributed by atoms with E-state index in [1.807, 2.05) is 54.6 Å². The molecule has 0 fully saturated rings. The van der Waals surface area contributed by atoms with Gasteiger partial charge in [0.2, 0.25) is 5.91 Å². The van der Waals surface area contributed by atoms with Crippen molar-refractivity contribution >= 4 is 11.6 Å². The zero-order chi connectivity index (χ0) is 15.3. The summed E-state index contributed by atoms with van der Waals surface area (Å²) in [5.74, 6) is 0.345. The maximum atomic E-state index is 11.9. The first-order valence-electron chi connectivity index (χ1n) is 6.80. The van der Waals surface area contributed by atoms with Gasteiger partial charge in [-0.2, -0.15) is 0 Å². The number of ether oxygens (including phenoxy) is 1. The number of carbonyl (C=O) groups excluding carboxylic acids is 1. The number of anilines is 1. The number of nitrogens with two attached hydrogens (primary N) is 1. The molecule has 21 heavy (non-hydrogen) atoms. The predicted molar refractivity (Wildman–Crippen MR) is 84.4 cm³/mol. The summed E-state index contributed by atoms with van der Waals surface area (Å²) in [6, 6.07) is 17.2. The van der Waals surface area contributed by atoms with Gasteiger partial charge in [-0.1, -0.05) is 36.4 Å². The number of para-hydroxylation sites is 2. The van der Waals surface area contributed by atoms with Crippen LogP contribution >= 0.6 is 0 Å². The van der Waals surface area contributed by atoms with Crippen molar-refractivity contribution in [1.29, 1.82) is 0 Å². The molecule has 1 unspecified atom stereocenters. The minimum Gasteiger partial charge on any atom is -0.496 e. The van der Waals surface area contributed by atoms with Crippen LogP contribution in [0, 0.1) is 0 Å². The molecule has 1 amide bonds. The van der Waals surface area contributed by atoms with Gasteiger partial charge in [-0.05, 0) is 30.7 Å². The molecule has 0 saturated carbocycles. The van der Waals surface area contributed by atoms with E-state index in [-0.39, 0.29) is 0 Å². The van der Waals surface area contributed by atoms with Gasteiger partial charge < -0.3 is 15.8 Å². The number of amides is 1. The van der Waals surface area contributed by atoms with Crippen molar-refractivity contribution in [2.75, 3.05) is 12.4 Å². The first-order valence-corrected chi connectivity index (χ1v) is 6.80. The van der Waals surface area contributed by atoms with Gasteiger partial charge in [0.25, 0.3) is 0 Å². The Kier molecular flexibility index (Phi) is 4.48. The minimum absolute atomic E-state index is 0.405. The molecule has 3 N–H and O–H groups in total. The van der Waals surface area contributed by atoms with Gasteiger partial charge in [0.05, 0.1) is 7.11 Å². The molecule has 4 heteroatoms. The third kappa shape index (κ3) is 3.54. The van der Waals surface area contributed by atoms with Crippen LogP contribution in [0.3, 0.4) is 0 Å². The fourth-order valence-corrected chi connectivity index (χ4v) is 2.26. The van der Waals surface area contributed by atoms with Crippen molar-refractivity contribution in [2.24, 2.45) is 5.73 Å². The van der Waals surface area contributed by atoms with Crippen molar-refractivity contribution in [3.63, 3.8) is 0 Å². The zero-order valence-corrected chi connectivity index (χ0v) is 12.3. The second-order valence-corrected chi connectivity index (χ2v) is 5.18. The highest BCUT2D eigenvalue weighted by Gasteiger charge is 2.32. The molecular formula is C17H20N2O2. The van der Waals surface area contributed by atoms with Crippen LogP contribution in [0.25, 0.3) is 0 Å². The molecule has 1 atom stereocenters. The highest BCUT2D eigenvalue weighted by Crippen LogP contribution is 2.25. The smallest absolute Gasteiger partial charge is 0.243 e. The highest BCUT2D eigenvalue weighted by atomic mass is 16.5. The van der Waals surface area contributed by atoms with Crippen molar-refractivity contribution in [1.82, 2.24) is 0 Å². The maximum absolute atomic E-state index is 11.9. The second kappa shape index (κ2) is 6.31. The summed E-state index contributed by atoms with van der Waals surface area (Å²) in [5, 5.41) is 3.22. The summed E-state index contributed by atoms with van der Waals surface area (Å²) in [6.45, 7) is 1.80. The molecule has 0 heterocycles. The van der Waals surface area contributed by atoms with Gasteiger partial charge in [0, 0.05) is 12.1 Å². The largest absolute Gasteiger partial charge is 0.496 e. The molecule has 0 radical (unpaired) electrons. The Morgan fingerprint density at radius 2 is 1.76 bits per heavy atom. The molecule has 0 aliphatic carbocycles. The minimum atomic E-state index is -0.893. The van der Waals surface area contributed by atoms with E-state index < -0.39 is 11.4 Å². The average molecular weight is 284 g/mol. The van der Waals surface area contributed by atoms with E-state index in [2.05, 4.69) is 5.32 Å². The van der Waals surface area contributed by atoms with Crippen LogP contribution in [-0.4, -0.2) is 18.6 Å². The third-order valence-corrected chi connectivity index (χ3v) is 3.47. The predicted octanol–water partition coefficient (Wildman–Crippen LogP) is 2.59. The van der Waals surface area contributed by atoms with E-state index in [1.165, 1.54) is 0 Å². The number of hydrogen-bond acceptors (Lipinski definition) is 3. The molecule has 0 saturated heterocycles. The fourth-order valence-electron chi connectivity index (χ4n) is 2.26. The maximum Gasteiger partial charge on any atom is 0.243 e. The van der Waals surface area contributed by atoms with E-state index in [0.29, 0.717) is 6.42 Å². The number of carbonyl (C=O) groups is 1. The molecule has 2 aromatic rings. The van der Waals surface area contributed by atoms with Gasteiger partial charge in [0.1, 0.15) is 11.3 Å². The van der Waals surface area contributed by atoms with E-state index in [4.69, 9.17) is 10.5 Å². The van der Waals surface area contributed by atoms with Crippen LogP contribution in [-0.2, 0) is 11.2 Å². The molecule has 4 nitrogen and oxygen atoms in total. The van der Waals surface area contributed by atoms with Gasteiger partial charge in [0.15, 0.2) is 0 Å². The SMILES string of the molecule is COc1ccccc1CC(C)(Nc1ccccc1)C(N)=O. The van der Waals surface area contributed by atoms with Gasteiger partial charge in [-0.25, -0.2) is 0 Å². The topological polar surface area (TPSA) is 64.3 Å². The summed E-state index contributed by atoms with van der Waals surface area (Å²) in [7, 11) is 1.62. The summed E-state index contributed by atoms with van der Waals surface area (Å²) in [6.07, 6.45) is 0.446. The number of rotatable bonds is 6. The lowest BCUT2D eigenvalue weighted by molar-refractivity contribution is -0.121. The lowest BCUT2D eigenvalue weighted by Crippen LogP contribution is -2.49. The third-order valence-electron chi connectivity index (χ3n) is 3.47. The van der Waals surface area contributed by atoms with Crippen molar-refractivity contribution in [3.8, 4) is 5.75 Å². The molecule has 0 spiro atoms. The molecule has 110 valence electrons. The zero-order valence-electron chi connectivity index (χ0n) is 12.3. The fraction of sp³-hybridized carbons (Fsp3) is 0.235. The van der Waals surface area contributed by atoms with Gasteiger partial charge >= 0.3 is 0 Å². The molecule has 0 aliphatic rings. The quantitative estimate of drug-likeness (QED) is 0.857. The number of hydrogen-bond donors (Lipinski definition) is 2. The first-order chi connectivity index (χ1) is 10.0. The monoisotopic (exact) mass is 284 g/mol. The van der Waals surface area contributed by atoms with Crippen molar-refractivity contribution < 1.29 is 9.53 Å². The summed E-state index contributed by atoms with van der Waals surface area (Å²) in [4.78, 5) is 11.9. The van der Waals surface area contributed by atoms with E-state index >= 15 is 0 Å². The Labute approximate surface area is 124 Å². The van der Waals surface area contributed by atoms with Crippen LogP contribution < -0.4 is 15.8 Å². The lowest BCUT2D eigenvalue weighted by Gasteiger charge is -2.29. The molecule has 2 rings (SSSR count). The Morgan fingerprint density at radius 1 is 1.14 bits per heavy atom. The Bertz CT molecular complexity index is 613. The van der Waals surface area contributed by atoms with Crippen molar-refractivity contribution in [2.45, 2.75) is 18.9 Å². The molecule has 0 aromatic heterocycles. The van der Waals surface area contributed by atoms with E-state index in [0.717, 1.165) is 17.0 Å². The van der Waals surface area contributed by atoms with Crippen LogP contribution in [0.4, 0.5) is 5.69 Å². The summed E-state index contributed by atoms with van der Waals surface area (Å²) < 4.78 is 5.34. The average Bonchev–Trinajstić information content (AvgIpc) is 2.48.